The highest BCUT2D eigenvalue weighted by Gasteiger charge is 2.13. The van der Waals surface area contributed by atoms with Gasteiger partial charge >= 0.3 is 0 Å². The number of nitrogens with zero attached hydrogens (tertiary/aromatic N) is 5. The van der Waals surface area contributed by atoms with Crippen LogP contribution in [0.5, 0.6) is 0 Å². The number of benzene rings is 2. The predicted octanol–water partition coefficient (Wildman–Crippen LogP) is 1.72. The number of aliphatic hydroxyl groups excluding tert-OH is 1. The number of hydrogen-bond acceptors (Lipinski definition) is 7. The van der Waals surface area contributed by atoms with Gasteiger partial charge in [-0.3, -0.25) is 10.1 Å². The van der Waals surface area contributed by atoms with Gasteiger partial charge < -0.3 is 10.4 Å². The zero-order chi connectivity index (χ0) is 16.9. The molecule has 0 unspecified atom stereocenters. The molecule has 2 N–H and O–H groups in total. The molecule has 24 heavy (non-hydrogen) atoms. The topological polar surface area (TPSA) is 119 Å². The summed E-state index contributed by atoms with van der Waals surface area (Å²) < 4.78 is 1.52. The molecule has 122 valence electrons. The van der Waals surface area contributed by atoms with Crippen molar-refractivity contribution in [2.24, 2.45) is 0 Å². The van der Waals surface area contributed by atoms with Gasteiger partial charge in [-0.2, -0.15) is 4.68 Å². The van der Waals surface area contributed by atoms with Gasteiger partial charge in [0, 0.05) is 18.7 Å². The van der Waals surface area contributed by atoms with Crippen LogP contribution in [0.2, 0.25) is 0 Å². The summed E-state index contributed by atoms with van der Waals surface area (Å²) in [5, 5.41) is 35.2. The summed E-state index contributed by atoms with van der Waals surface area (Å²) in [5.74, 6) is 0.391. The minimum atomic E-state index is -0.855. The second kappa shape index (κ2) is 6.84. The van der Waals surface area contributed by atoms with E-state index < -0.39 is 11.0 Å². The van der Waals surface area contributed by atoms with Gasteiger partial charge in [-0.1, -0.05) is 23.3 Å². The maximum absolute atomic E-state index is 10.6. The monoisotopic (exact) mass is 326 g/mol. The molecule has 0 saturated carbocycles. The van der Waals surface area contributed by atoms with E-state index in [-0.39, 0.29) is 12.2 Å². The summed E-state index contributed by atoms with van der Waals surface area (Å²) in [7, 11) is 0. The van der Waals surface area contributed by atoms with Gasteiger partial charge in [-0.25, -0.2) is 0 Å². The lowest BCUT2D eigenvalue weighted by Crippen LogP contribution is -2.15. The number of rotatable bonds is 6. The number of aromatic nitrogens is 4. The summed E-state index contributed by atoms with van der Waals surface area (Å²) >= 11 is 0. The maximum Gasteiger partial charge on any atom is 0.269 e. The number of anilines is 1. The van der Waals surface area contributed by atoms with E-state index in [1.807, 2.05) is 30.3 Å². The average Bonchev–Trinajstić information content (AvgIpc) is 3.09. The zero-order valence-electron chi connectivity index (χ0n) is 12.5. The van der Waals surface area contributed by atoms with Crippen molar-refractivity contribution >= 4 is 11.6 Å². The number of nitro benzene ring substituents is 1. The van der Waals surface area contributed by atoms with E-state index in [1.165, 1.54) is 28.9 Å². The van der Waals surface area contributed by atoms with Crippen LogP contribution in [0.15, 0.2) is 54.6 Å². The molecule has 0 spiro atoms. The van der Waals surface area contributed by atoms with E-state index in [4.69, 9.17) is 0 Å². The van der Waals surface area contributed by atoms with Crippen LogP contribution in [-0.2, 0) is 0 Å². The van der Waals surface area contributed by atoms with Crippen molar-refractivity contribution in [1.82, 2.24) is 20.2 Å². The first kappa shape index (κ1) is 15.6. The first-order valence-corrected chi connectivity index (χ1v) is 7.15. The lowest BCUT2D eigenvalue weighted by molar-refractivity contribution is -0.384. The Labute approximate surface area is 136 Å². The molecule has 1 atom stereocenters. The summed E-state index contributed by atoms with van der Waals surface area (Å²) in [6, 6.07) is 15.1. The van der Waals surface area contributed by atoms with Crippen LogP contribution in [0.4, 0.5) is 11.6 Å². The lowest BCUT2D eigenvalue weighted by Gasteiger charge is -2.12. The molecule has 0 aliphatic rings. The van der Waals surface area contributed by atoms with Crippen LogP contribution in [0.25, 0.3) is 5.69 Å². The Hall–Kier alpha value is -3.33. The van der Waals surface area contributed by atoms with E-state index in [2.05, 4.69) is 20.8 Å². The fourth-order valence-corrected chi connectivity index (χ4v) is 2.16. The third-order valence-electron chi connectivity index (χ3n) is 3.41. The van der Waals surface area contributed by atoms with E-state index in [1.54, 1.807) is 0 Å². The number of aliphatic hydroxyl groups is 1. The lowest BCUT2D eigenvalue weighted by atomic mass is 10.1. The van der Waals surface area contributed by atoms with Crippen LogP contribution < -0.4 is 5.32 Å². The Morgan fingerprint density at radius 3 is 2.54 bits per heavy atom. The molecule has 1 aromatic heterocycles. The summed E-state index contributed by atoms with van der Waals surface area (Å²) in [6.07, 6.45) is -0.855. The minimum Gasteiger partial charge on any atom is -0.387 e. The van der Waals surface area contributed by atoms with Crippen molar-refractivity contribution in [3.63, 3.8) is 0 Å². The minimum absolute atomic E-state index is 0.0214. The number of tetrazole rings is 1. The van der Waals surface area contributed by atoms with Gasteiger partial charge in [0.15, 0.2) is 0 Å². The van der Waals surface area contributed by atoms with E-state index in [0.717, 1.165) is 5.69 Å². The third kappa shape index (κ3) is 3.36. The molecule has 0 bridgehead atoms. The smallest absolute Gasteiger partial charge is 0.269 e. The molecule has 3 rings (SSSR count). The molecule has 0 radical (unpaired) electrons. The Kier molecular flexibility index (Phi) is 4.43. The first-order chi connectivity index (χ1) is 11.6. The van der Waals surface area contributed by atoms with Crippen molar-refractivity contribution in [1.29, 1.82) is 0 Å². The Balaban J connectivity index is 1.68. The molecule has 0 aliphatic carbocycles. The number of nitro groups is 1. The van der Waals surface area contributed by atoms with Crippen LogP contribution >= 0.6 is 0 Å². The van der Waals surface area contributed by atoms with E-state index >= 15 is 0 Å². The van der Waals surface area contributed by atoms with E-state index in [0.29, 0.717) is 11.5 Å². The standard InChI is InChI=1S/C15H14N6O3/c22-14(11-6-8-13(9-7-11)21(23)24)10-16-15-17-18-19-20(15)12-4-2-1-3-5-12/h1-9,14,22H,10H2,(H,16,17,19)/t14-/m0/s1. The number of hydrogen-bond donors (Lipinski definition) is 2. The molecule has 1 heterocycles. The Morgan fingerprint density at radius 2 is 1.88 bits per heavy atom. The number of non-ortho nitro benzene ring substituents is 1. The van der Waals surface area contributed by atoms with Crippen molar-refractivity contribution in [2.75, 3.05) is 11.9 Å². The van der Waals surface area contributed by atoms with Crippen LogP contribution in [0, 0.1) is 10.1 Å². The van der Waals surface area contributed by atoms with Gasteiger partial charge in [0.1, 0.15) is 0 Å². The van der Waals surface area contributed by atoms with Crippen molar-refractivity contribution in [3.8, 4) is 5.69 Å². The highest BCUT2D eigenvalue weighted by Crippen LogP contribution is 2.18. The quantitative estimate of drug-likeness (QED) is 0.523. The van der Waals surface area contributed by atoms with Crippen molar-refractivity contribution in [2.45, 2.75) is 6.10 Å². The SMILES string of the molecule is O=[N+]([O-])c1ccc([C@@H](O)CNc2nnnn2-c2ccccc2)cc1. The van der Waals surface area contributed by atoms with Crippen LogP contribution in [0.1, 0.15) is 11.7 Å². The molecule has 3 aromatic rings. The summed E-state index contributed by atoms with van der Waals surface area (Å²) in [6.45, 7) is 0.158. The Bertz CT molecular complexity index is 819. The normalized spacial score (nSPS) is 11.9. The first-order valence-electron chi connectivity index (χ1n) is 7.15. The molecule has 0 amide bonds. The Morgan fingerprint density at radius 1 is 1.17 bits per heavy atom. The largest absolute Gasteiger partial charge is 0.387 e. The molecule has 9 nitrogen and oxygen atoms in total. The zero-order valence-corrected chi connectivity index (χ0v) is 12.5. The molecular weight excluding hydrogens is 312 g/mol. The second-order valence-electron chi connectivity index (χ2n) is 5.00. The number of para-hydroxylation sites is 1. The summed E-state index contributed by atoms with van der Waals surface area (Å²) in [5.41, 5.74) is 1.33. The fourth-order valence-electron chi connectivity index (χ4n) is 2.16. The van der Waals surface area contributed by atoms with Crippen molar-refractivity contribution in [3.05, 3.63) is 70.3 Å². The van der Waals surface area contributed by atoms with Gasteiger partial charge in [-0.15, -0.1) is 0 Å². The molecule has 0 aliphatic heterocycles. The van der Waals surface area contributed by atoms with E-state index in [9.17, 15) is 15.2 Å². The number of nitrogens with one attached hydrogen (secondary N) is 1. The van der Waals surface area contributed by atoms with Gasteiger partial charge in [0.25, 0.3) is 5.69 Å². The molecule has 9 heteroatoms. The third-order valence-corrected chi connectivity index (χ3v) is 3.41. The fraction of sp³-hybridized carbons (Fsp3) is 0.133. The highest BCUT2D eigenvalue weighted by atomic mass is 16.6. The van der Waals surface area contributed by atoms with Gasteiger partial charge in [0.05, 0.1) is 16.7 Å². The predicted molar refractivity (Wildman–Crippen MR) is 85.7 cm³/mol. The second-order valence-corrected chi connectivity index (χ2v) is 5.00. The van der Waals surface area contributed by atoms with Crippen molar-refractivity contribution < 1.29 is 10.0 Å². The molecule has 2 aromatic carbocycles. The van der Waals surface area contributed by atoms with Gasteiger partial charge in [0.2, 0.25) is 5.95 Å². The van der Waals surface area contributed by atoms with Gasteiger partial charge in [-0.05, 0) is 40.3 Å². The average molecular weight is 326 g/mol. The summed E-state index contributed by atoms with van der Waals surface area (Å²) in [4.78, 5) is 10.2. The van der Waals surface area contributed by atoms with Crippen LogP contribution in [-0.4, -0.2) is 36.8 Å². The molecule has 0 saturated heterocycles. The molecular formula is C15H14N6O3. The molecule has 0 fully saturated rings. The maximum atomic E-state index is 10.6. The highest BCUT2D eigenvalue weighted by molar-refractivity contribution is 5.39. The van der Waals surface area contributed by atoms with Crippen LogP contribution in [0.3, 0.4) is 0 Å².